The fraction of sp³-hybridized carbons (Fsp3) is 0.143. The Balaban J connectivity index is 2.13. The number of hydrogen-bond donors (Lipinski definition) is 1. The van der Waals surface area contributed by atoms with Crippen LogP contribution in [-0.4, -0.2) is 0 Å². The van der Waals surface area contributed by atoms with Gasteiger partial charge in [-0.2, -0.15) is 0 Å². The molecule has 2 aromatic rings. The second-order valence-electron chi connectivity index (χ2n) is 4.09. The summed E-state index contributed by atoms with van der Waals surface area (Å²) in [6.07, 6.45) is 0. The molecule has 0 fully saturated rings. The smallest absolute Gasteiger partial charge is 0.126 e. The summed E-state index contributed by atoms with van der Waals surface area (Å²) in [5, 5.41) is 0. The molecule has 4 heteroatoms. The number of nitrogens with two attached hydrogens (primary N) is 1. The van der Waals surface area contributed by atoms with E-state index in [4.69, 9.17) is 10.5 Å². The maximum absolute atomic E-state index is 13.1. The second kappa shape index (κ2) is 5.40. The van der Waals surface area contributed by atoms with Crippen LogP contribution in [0, 0.1) is 12.7 Å². The first-order valence-corrected chi connectivity index (χ1v) is 6.28. The predicted molar refractivity (Wildman–Crippen MR) is 74.0 cm³/mol. The Hall–Kier alpha value is -1.55. The van der Waals surface area contributed by atoms with Gasteiger partial charge in [0.1, 0.15) is 18.2 Å². The van der Waals surface area contributed by atoms with Crippen molar-refractivity contribution in [1.82, 2.24) is 0 Å². The number of aryl methyl sites for hydroxylation is 1. The van der Waals surface area contributed by atoms with Crippen LogP contribution in [0.25, 0.3) is 0 Å². The van der Waals surface area contributed by atoms with Crippen LogP contribution >= 0.6 is 15.9 Å². The fourth-order valence-corrected chi connectivity index (χ4v) is 2.21. The van der Waals surface area contributed by atoms with Crippen LogP contribution in [0.1, 0.15) is 11.1 Å². The van der Waals surface area contributed by atoms with E-state index in [0.29, 0.717) is 18.0 Å². The van der Waals surface area contributed by atoms with Gasteiger partial charge in [0.2, 0.25) is 0 Å². The first-order valence-electron chi connectivity index (χ1n) is 5.48. The third-order valence-electron chi connectivity index (χ3n) is 2.52. The van der Waals surface area contributed by atoms with E-state index in [0.717, 1.165) is 15.6 Å². The van der Waals surface area contributed by atoms with Gasteiger partial charge in [0.15, 0.2) is 0 Å². The number of rotatable bonds is 3. The van der Waals surface area contributed by atoms with E-state index < -0.39 is 0 Å². The van der Waals surface area contributed by atoms with Gasteiger partial charge in [-0.15, -0.1) is 0 Å². The number of hydrogen-bond acceptors (Lipinski definition) is 2. The average molecular weight is 310 g/mol. The largest absolute Gasteiger partial charge is 0.489 e. The molecular formula is C14H13BrFNO. The number of ether oxygens (including phenoxy) is 1. The second-order valence-corrected chi connectivity index (χ2v) is 5.01. The number of anilines is 1. The maximum atomic E-state index is 13.1. The molecule has 0 spiro atoms. The molecule has 2 N–H and O–H groups in total. The summed E-state index contributed by atoms with van der Waals surface area (Å²) in [7, 11) is 0. The maximum Gasteiger partial charge on any atom is 0.126 e. The lowest BCUT2D eigenvalue weighted by Crippen LogP contribution is -1.98. The Morgan fingerprint density at radius 1 is 1.22 bits per heavy atom. The van der Waals surface area contributed by atoms with Crippen LogP contribution < -0.4 is 10.5 Å². The van der Waals surface area contributed by atoms with Crippen LogP contribution in [0.5, 0.6) is 5.75 Å². The highest BCUT2D eigenvalue weighted by molar-refractivity contribution is 9.10. The summed E-state index contributed by atoms with van der Waals surface area (Å²) >= 11 is 3.37. The van der Waals surface area contributed by atoms with Crippen LogP contribution in [0.2, 0.25) is 0 Å². The van der Waals surface area contributed by atoms with Gasteiger partial charge in [-0.3, -0.25) is 0 Å². The molecule has 2 rings (SSSR count). The van der Waals surface area contributed by atoms with Crippen molar-refractivity contribution in [2.24, 2.45) is 0 Å². The Bertz CT molecular complexity index is 551. The minimum absolute atomic E-state index is 0.302. The van der Waals surface area contributed by atoms with E-state index >= 15 is 0 Å². The molecule has 94 valence electrons. The lowest BCUT2D eigenvalue weighted by molar-refractivity contribution is 0.302. The highest BCUT2D eigenvalue weighted by atomic mass is 79.9. The Kier molecular flexibility index (Phi) is 3.87. The summed E-state index contributed by atoms with van der Waals surface area (Å²) in [4.78, 5) is 0. The zero-order valence-electron chi connectivity index (χ0n) is 9.91. The Labute approximate surface area is 114 Å². The molecule has 0 aliphatic rings. The molecule has 0 heterocycles. The summed E-state index contributed by atoms with van der Waals surface area (Å²) in [6, 6.07) is 10.1. The SMILES string of the molecule is Cc1ccc(F)cc1OCc1cc(N)cc(Br)c1. The van der Waals surface area contributed by atoms with Gasteiger partial charge in [0.25, 0.3) is 0 Å². The molecule has 0 bridgehead atoms. The Morgan fingerprint density at radius 3 is 2.72 bits per heavy atom. The third kappa shape index (κ3) is 3.23. The van der Waals surface area contributed by atoms with Gasteiger partial charge in [-0.05, 0) is 42.3 Å². The van der Waals surface area contributed by atoms with Gasteiger partial charge in [0, 0.05) is 16.2 Å². The molecular weight excluding hydrogens is 297 g/mol. The van der Waals surface area contributed by atoms with Gasteiger partial charge >= 0.3 is 0 Å². The minimum atomic E-state index is -0.302. The molecule has 0 atom stereocenters. The molecule has 0 aromatic heterocycles. The molecule has 2 nitrogen and oxygen atoms in total. The minimum Gasteiger partial charge on any atom is -0.489 e. The Morgan fingerprint density at radius 2 is 2.00 bits per heavy atom. The van der Waals surface area contributed by atoms with E-state index in [1.807, 2.05) is 25.1 Å². The molecule has 2 aromatic carbocycles. The van der Waals surface area contributed by atoms with E-state index in [9.17, 15) is 4.39 Å². The van der Waals surface area contributed by atoms with Crippen molar-refractivity contribution in [1.29, 1.82) is 0 Å². The monoisotopic (exact) mass is 309 g/mol. The van der Waals surface area contributed by atoms with Crippen molar-refractivity contribution in [2.75, 3.05) is 5.73 Å². The number of benzene rings is 2. The average Bonchev–Trinajstić information content (AvgIpc) is 2.29. The van der Waals surface area contributed by atoms with Gasteiger partial charge in [-0.1, -0.05) is 22.0 Å². The lowest BCUT2D eigenvalue weighted by Gasteiger charge is -2.10. The molecule has 0 saturated carbocycles. The van der Waals surface area contributed by atoms with E-state index in [-0.39, 0.29) is 5.82 Å². The van der Waals surface area contributed by atoms with Crippen molar-refractivity contribution in [3.63, 3.8) is 0 Å². The highest BCUT2D eigenvalue weighted by Crippen LogP contribution is 2.22. The van der Waals surface area contributed by atoms with Crippen LogP contribution in [0.4, 0.5) is 10.1 Å². The van der Waals surface area contributed by atoms with Crippen molar-refractivity contribution in [3.8, 4) is 5.75 Å². The van der Waals surface area contributed by atoms with E-state index in [2.05, 4.69) is 15.9 Å². The summed E-state index contributed by atoms with van der Waals surface area (Å²) in [6.45, 7) is 2.23. The van der Waals surface area contributed by atoms with Crippen molar-refractivity contribution in [2.45, 2.75) is 13.5 Å². The van der Waals surface area contributed by atoms with Crippen molar-refractivity contribution >= 4 is 21.6 Å². The fourth-order valence-electron chi connectivity index (χ4n) is 1.65. The number of halogens is 2. The molecule has 18 heavy (non-hydrogen) atoms. The van der Waals surface area contributed by atoms with Crippen molar-refractivity contribution in [3.05, 3.63) is 57.8 Å². The number of nitrogen functional groups attached to an aromatic ring is 1. The van der Waals surface area contributed by atoms with Crippen LogP contribution in [-0.2, 0) is 6.61 Å². The molecule has 0 amide bonds. The normalized spacial score (nSPS) is 10.4. The van der Waals surface area contributed by atoms with E-state index in [1.54, 1.807) is 6.07 Å². The van der Waals surface area contributed by atoms with Crippen LogP contribution in [0.3, 0.4) is 0 Å². The first kappa shape index (κ1) is 12.9. The molecule has 0 aliphatic heterocycles. The zero-order valence-corrected chi connectivity index (χ0v) is 11.5. The summed E-state index contributed by atoms with van der Waals surface area (Å²) in [5.74, 6) is 0.248. The highest BCUT2D eigenvalue weighted by Gasteiger charge is 2.03. The first-order chi connectivity index (χ1) is 8.54. The lowest BCUT2D eigenvalue weighted by atomic mass is 10.2. The molecule has 0 unspecified atom stereocenters. The topological polar surface area (TPSA) is 35.2 Å². The molecule has 0 aliphatic carbocycles. The van der Waals surface area contributed by atoms with Crippen molar-refractivity contribution < 1.29 is 9.13 Å². The summed E-state index contributed by atoms with van der Waals surface area (Å²) < 4.78 is 19.6. The van der Waals surface area contributed by atoms with Gasteiger partial charge < -0.3 is 10.5 Å². The van der Waals surface area contributed by atoms with E-state index in [1.165, 1.54) is 12.1 Å². The predicted octanol–water partition coefficient (Wildman–Crippen LogP) is 4.06. The van der Waals surface area contributed by atoms with Gasteiger partial charge in [0.05, 0.1) is 0 Å². The molecule has 0 saturated heterocycles. The molecule has 0 radical (unpaired) electrons. The van der Waals surface area contributed by atoms with Crippen LogP contribution in [0.15, 0.2) is 40.9 Å². The third-order valence-corrected chi connectivity index (χ3v) is 2.98. The summed E-state index contributed by atoms with van der Waals surface area (Å²) in [5.41, 5.74) is 8.24. The quantitative estimate of drug-likeness (QED) is 0.868. The van der Waals surface area contributed by atoms with Gasteiger partial charge in [-0.25, -0.2) is 4.39 Å². The standard InChI is InChI=1S/C14H13BrFNO/c1-9-2-3-12(16)7-14(9)18-8-10-4-11(15)6-13(17)5-10/h2-7H,8,17H2,1H3. The zero-order chi connectivity index (χ0) is 13.1.